The van der Waals surface area contributed by atoms with Crippen molar-refractivity contribution in [3.63, 3.8) is 0 Å². The van der Waals surface area contributed by atoms with Crippen LogP contribution >= 0.6 is 11.6 Å². The molecule has 36 heavy (non-hydrogen) atoms. The third-order valence-electron chi connectivity index (χ3n) is 7.76. The Kier molecular flexibility index (Phi) is 5.59. The van der Waals surface area contributed by atoms with Gasteiger partial charge in [-0.15, -0.1) is 0 Å². The van der Waals surface area contributed by atoms with Gasteiger partial charge in [0.05, 0.1) is 23.9 Å². The summed E-state index contributed by atoms with van der Waals surface area (Å²) in [7, 11) is 1.87. The van der Waals surface area contributed by atoms with Gasteiger partial charge in [-0.1, -0.05) is 17.7 Å². The van der Waals surface area contributed by atoms with Gasteiger partial charge in [-0.25, -0.2) is 13.8 Å². The Hall–Kier alpha value is -3.26. The van der Waals surface area contributed by atoms with Gasteiger partial charge in [-0.05, 0) is 60.6 Å². The quantitative estimate of drug-likeness (QED) is 0.423. The molecule has 1 aliphatic heterocycles. The van der Waals surface area contributed by atoms with E-state index in [0.717, 1.165) is 30.0 Å². The fourth-order valence-electron chi connectivity index (χ4n) is 6.04. The van der Waals surface area contributed by atoms with Crippen molar-refractivity contribution in [1.82, 2.24) is 14.8 Å². The van der Waals surface area contributed by atoms with E-state index in [1.807, 2.05) is 31.4 Å². The number of amides is 1. The molecular weight excluding hydrogens is 486 g/mol. The number of aromatic nitrogens is 2. The molecule has 1 amide bonds. The van der Waals surface area contributed by atoms with E-state index >= 15 is 0 Å². The largest absolute Gasteiger partial charge is 0.491 e. The number of hydrogen-bond acceptors (Lipinski definition) is 4. The van der Waals surface area contributed by atoms with Crippen LogP contribution in [-0.4, -0.2) is 33.5 Å². The number of halogens is 3. The van der Waals surface area contributed by atoms with Gasteiger partial charge in [0.25, 0.3) is 0 Å². The lowest BCUT2D eigenvalue weighted by molar-refractivity contribution is -0.138. The van der Waals surface area contributed by atoms with Crippen molar-refractivity contribution in [3.8, 4) is 16.9 Å². The molecule has 2 aromatic carbocycles. The van der Waals surface area contributed by atoms with Gasteiger partial charge < -0.3 is 4.74 Å². The molecule has 186 valence electrons. The second-order valence-electron chi connectivity index (χ2n) is 10.3. The predicted octanol–water partition coefficient (Wildman–Crippen LogP) is 5.77. The molecule has 0 saturated heterocycles. The van der Waals surface area contributed by atoms with Crippen molar-refractivity contribution >= 4 is 23.7 Å². The zero-order valence-corrected chi connectivity index (χ0v) is 20.5. The number of hydrogen-bond donors (Lipinski definition) is 0. The first-order valence-electron chi connectivity index (χ1n) is 12.0. The zero-order valence-electron chi connectivity index (χ0n) is 19.7. The molecule has 3 aliphatic carbocycles. The number of carbonyl (C=O) groups excluding carboxylic acids is 1. The van der Waals surface area contributed by atoms with Crippen molar-refractivity contribution in [2.24, 2.45) is 29.4 Å². The van der Waals surface area contributed by atoms with Crippen LogP contribution in [0.4, 0.5) is 8.78 Å². The fourth-order valence-corrected chi connectivity index (χ4v) is 6.28. The number of aryl methyl sites for hydroxylation is 1. The highest BCUT2D eigenvalue weighted by atomic mass is 35.5. The maximum Gasteiger partial charge on any atom is 0.246 e. The van der Waals surface area contributed by atoms with Crippen LogP contribution in [0.15, 0.2) is 53.9 Å². The maximum absolute atomic E-state index is 13.8. The molecule has 0 N–H and O–H groups in total. The lowest BCUT2D eigenvalue weighted by Crippen LogP contribution is -2.36. The number of nitrogens with zero attached hydrogens (tertiary/aromatic N) is 4. The Bertz CT molecular complexity index is 1350. The molecule has 2 heterocycles. The van der Waals surface area contributed by atoms with Crippen LogP contribution in [0.1, 0.15) is 37.3 Å². The standard InChI is InChI=1S/C27H25ClF2N4O2/c1-33-14-19(13-32-33)16-2-3-25(23(28)8-16)36-15-27-10-18(11-27)22(12-27)26(35)34-24(4-5-31-34)17-6-20(29)9-21(30)7-17/h2-3,5-9,13-14,18,22,24H,4,10-12,15H2,1H3/t18?,22-,24?,27?/m0/s1. The Morgan fingerprint density at radius 3 is 2.61 bits per heavy atom. The lowest BCUT2D eigenvalue weighted by atomic mass is 9.70. The minimum absolute atomic E-state index is 0.0692. The molecule has 1 aromatic heterocycles. The second-order valence-corrected chi connectivity index (χ2v) is 10.7. The zero-order chi connectivity index (χ0) is 25.0. The Morgan fingerprint density at radius 2 is 1.92 bits per heavy atom. The molecule has 0 radical (unpaired) electrons. The van der Waals surface area contributed by atoms with Crippen molar-refractivity contribution in [2.45, 2.75) is 31.7 Å². The van der Waals surface area contributed by atoms with Crippen molar-refractivity contribution in [3.05, 3.63) is 71.0 Å². The highest BCUT2D eigenvalue weighted by Gasteiger charge is 2.59. The summed E-state index contributed by atoms with van der Waals surface area (Å²) in [5.74, 6) is -0.680. The summed E-state index contributed by atoms with van der Waals surface area (Å²) >= 11 is 6.51. The summed E-state index contributed by atoms with van der Waals surface area (Å²) in [6.45, 7) is 0.487. The van der Waals surface area contributed by atoms with Crippen LogP contribution < -0.4 is 4.74 Å². The molecular formula is C27H25ClF2N4O2. The first kappa shape index (κ1) is 23.2. The number of hydrazone groups is 1. The minimum atomic E-state index is -0.657. The molecule has 2 atom stereocenters. The summed E-state index contributed by atoms with van der Waals surface area (Å²) in [5.41, 5.74) is 2.30. The molecule has 2 bridgehead atoms. The van der Waals surface area contributed by atoms with E-state index in [-0.39, 0.29) is 23.2 Å². The maximum atomic E-state index is 13.8. The van der Waals surface area contributed by atoms with Gasteiger partial charge in [-0.3, -0.25) is 9.48 Å². The second kappa shape index (κ2) is 8.69. The van der Waals surface area contributed by atoms with E-state index in [1.165, 1.54) is 17.1 Å². The number of benzene rings is 2. The third-order valence-corrected chi connectivity index (χ3v) is 8.05. The first-order chi connectivity index (χ1) is 17.3. The average Bonchev–Trinajstić information content (AvgIpc) is 3.59. The highest BCUT2D eigenvalue weighted by Crippen LogP contribution is 2.62. The SMILES string of the molecule is Cn1cc(-c2ccc(OCC34CC(C3)[C@@H](C(=O)N3N=CCC3c3cc(F)cc(F)c3)C4)c(Cl)c2)cn1. The molecule has 3 saturated carbocycles. The van der Waals surface area contributed by atoms with Crippen molar-refractivity contribution in [2.75, 3.05) is 6.61 Å². The van der Waals surface area contributed by atoms with Gasteiger partial charge in [0.2, 0.25) is 5.91 Å². The number of rotatable bonds is 6. The number of carbonyl (C=O) groups is 1. The summed E-state index contributed by atoms with van der Waals surface area (Å²) < 4.78 is 35.4. The van der Waals surface area contributed by atoms with Gasteiger partial charge in [0.15, 0.2) is 0 Å². The van der Waals surface area contributed by atoms with Gasteiger partial charge in [0, 0.05) is 48.8 Å². The Balaban J connectivity index is 1.11. The molecule has 3 aromatic rings. The monoisotopic (exact) mass is 510 g/mol. The summed E-state index contributed by atoms with van der Waals surface area (Å²) in [6, 6.07) is 8.60. The summed E-state index contributed by atoms with van der Waals surface area (Å²) in [5, 5.41) is 10.4. The minimum Gasteiger partial charge on any atom is -0.491 e. The van der Waals surface area contributed by atoms with E-state index in [9.17, 15) is 13.6 Å². The van der Waals surface area contributed by atoms with Crippen LogP contribution in [0.5, 0.6) is 5.75 Å². The van der Waals surface area contributed by atoms with E-state index in [2.05, 4.69) is 10.2 Å². The Morgan fingerprint density at radius 1 is 1.14 bits per heavy atom. The first-order valence-corrected chi connectivity index (χ1v) is 12.4. The molecule has 7 rings (SSSR count). The molecule has 1 unspecified atom stereocenters. The van der Waals surface area contributed by atoms with Crippen molar-refractivity contribution in [1.29, 1.82) is 0 Å². The predicted molar refractivity (Wildman–Crippen MR) is 131 cm³/mol. The highest BCUT2D eigenvalue weighted by molar-refractivity contribution is 6.32. The Labute approximate surface area is 212 Å². The van der Waals surface area contributed by atoms with Gasteiger partial charge in [-0.2, -0.15) is 10.2 Å². The van der Waals surface area contributed by atoms with E-state index in [0.29, 0.717) is 35.8 Å². The van der Waals surface area contributed by atoms with Crippen LogP contribution in [-0.2, 0) is 11.8 Å². The van der Waals surface area contributed by atoms with E-state index < -0.39 is 17.7 Å². The van der Waals surface area contributed by atoms with Crippen LogP contribution in [0.3, 0.4) is 0 Å². The normalized spacial score (nSPS) is 26.3. The van der Waals surface area contributed by atoms with Crippen LogP contribution in [0.25, 0.3) is 11.1 Å². The molecule has 3 fully saturated rings. The van der Waals surface area contributed by atoms with Crippen molar-refractivity contribution < 1.29 is 18.3 Å². The summed E-state index contributed by atoms with van der Waals surface area (Å²) in [6.07, 6.45) is 8.31. The van der Waals surface area contributed by atoms with E-state index in [4.69, 9.17) is 16.3 Å². The third kappa shape index (κ3) is 4.07. The molecule has 9 heteroatoms. The topological polar surface area (TPSA) is 59.7 Å². The van der Waals surface area contributed by atoms with Crippen LogP contribution in [0.2, 0.25) is 5.02 Å². The lowest BCUT2D eigenvalue weighted by Gasteiger charge is -2.38. The number of fused-ring (bicyclic) bond motifs is 1. The summed E-state index contributed by atoms with van der Waals surface area (Å²) in [4.78, 5) is 13.4. The molecule has 4 aliphatic rings. The molecule has 0 spiro atoms. The smallest absolute Gasteiger partial charge is 0.246 e. The van der Waals surface area contributed by atoms with Gasteiger partial charge in [0.1, 0.15) is 17.4 Å². The van der Waals surface area contributed by atoms with E-state index in [1.54, 1.807) is 17.1 Å². The van der Waals surface area contributed by atoms with Crippen LogP contribution in [0, 0.1) is 28.9 Å². The fraction of sp³-hybridized carbons (Fsp3) is 0.370. The van der Waals surface area contributed by atoms with Gasteiger partial charge >= 0.3 is 0 Å². The average molecular weight is 511 g/mol. The molecule has 6 nitrogen and oxygen atoms in total. The number of ether oxygens (including phenoxy) is 1.